The zero-order valence-corrected chi connectivity index (χ0v) is 14.4. The molecule has 7 heteroatoms. The van der Waals surface area contributed by atoms with E-state index in [2.05, 4.69) is 20.3 Å². The standard InChI is InChI=1S/C18H24FN5O/c1-14(18(25)21-9-15-4-6-17(19)7-5-15)23-8-2-3-16(10-23)11-24-13-20-12-22-24/h4-7,12-14,16H,2-3,8-11H2,1H3,(H,21,25)/t14-,16-/m0/s1. The summed E-state index contributed by atoms with van der Waals surface area (Å²) in [4.78, 5) is 18.7. The van der Waals surface area contributed by atoms with Gasteiger partial charge >= 0.3 is 0 Å². The molecular formula is C18H24FN5O. The summed E-state index contributed by atoms with van der Waals surface area (Å²) < 4.78 is 14.8. The summed E-state index contributed by atoms with van der Waals surface area (Å²) in [5.41, 5.74) is 0.893. The van der Waals surface area contributed by atoms with Gasteiger partial charge in [0.05, 0.1) is 6.04 Å². The van der Waals surface area contributed by atoms with Crippen molar-refractivity contribution in [2.24, 2.45) is 5.92 Å². The van der Waals surface area contributed by atoms with Gasteiger partial charge in [0, 0.05) is 19.6 Å². The van der Waals surface area contributed by atoms with Gasteiger partial charge in [0.1, 0.15) is 18.5 Å². The van der Waals surface area contributed by atoms with Crippen LogP contribution in [0.3, 0.4) is 0 Å². The average molecular weight is 345 g/mol. The summed E-state index contributed by atoms with van der Waals surface area (Å²) in [6.07, 6.45) is 5.50. The Morgan fingerprint density at radius 2 is 2.20 bits per heavy atom. The van der Waals surface area contributed by atoms with Gasteiger partial charge in [-0.25, -0.2) is 9.37 Å². The van der Waals surface area contributed by atoms with Gasteiger partial charge in [-0.15, -0.1) is 0 Å². The van der Waals surface area contributed by atoms with E-state index in [9.17, 15) is 9.18 Å². The van der Waals surface area contributed by atoms with Crippen LogP contribution in [0.25, 0.3) is 0 Å². The molecule has 2 aromatic rings. The second-order valence-electron chi connectivity index (χ2n) is 6.64. The largest absolute Gasteiger partial charge is 0.351 e. The molecule has 1 aromatic carbocycles. The number of piperidine rings is 1. The third kappa shape index (κ3) is 4.85. The van der Waals surface area contributed by atoms with Crippen molar-refractivity contribution in [2.45, 2.75) is 38.9 Å². The van der Waals surface area contributed by atoms with Crippen LogP contribution in [0.4, 0.5) is 4.39 Å². The number of hydrogen-bond acceptors (Lipinski definition) is 4. The van der Waals surface area contributed by atoms with E-state index in [-0.39, 0.29) is 17.8 Å². The third-order valence-electron chi connectivity index (χ3n) is 4.77. The van der Waals surface area contributed by atoms with Crippen LogP contribution in [-0.2, 0) is 17.9 Å². The van der Waals surface area contributed by atoms with Crippen molar-refractivity contribution >= 4 is 5.91 Å². The van der Waals surface area contributed by atoms with Crippen molar-refractivity contribution in [1.29, 1.82) is 0 Å². The highest BCUT2D eigenvalue weighted by atomic mass is 19.1. The number of rotatable bonds is 6. The molecule has 0 saturated carbocycles. The van der Waals surface area contributed by atoms with Gasteiger partial charge in [-0.2, -0.15) is 5.10 Å². The highest BCUT2D eigenvalue weighted by molar-refractivity contribution is 5.81. The number of amides is 1. The number of carbonyl (C=O) groups excluding carboxylic acids is 1. The Labute approximate surface area is 147 Å². The van der Waals surface area contributed by atoms with Crippen LogP contribution in [0.15, 0.2) is 36.9 Å². The van der Waals surface area contributed by atoms with E-state index in [1.165, 1.54) is 12.1 Å². The van der Waals surface area contributed by atoms with Gasteiger partial charge in [0.2, 0.25) is 5.91 Å². The van der Waals surface area contributed by atoms with Crippen LogP contribution in [0.5, 0.6) is 0 Å². The predicted octanol–water partition coefficient (Wildman–Crippen LogP) is 1.83. The maximum atomic E-state index is 12.9. The normalized spacial score (nSPS) is 19.5. The zero-order valence-electron chi connectivity index (χ0n) is 14.4. The maximum absolute atomic E-state index is 12.9. The molecule has 2 heterocycles. The van der Waals surface area contributed by atoms with Crippen molar-refractivity contribution in [3.8, 4) is 0 Å². The van der Waals surface area contributed by atoms with E-state index in [1.807, 2.05) is 11.6 Å². The first kappa shape index (κ1) is 17.5. The molecule has 6 nitrogen and oxygen atoms in total. The number of carbonyl (C=O) groups is 1. The second kappa shape index (κ2) is 8.20. The van der Waals surface area contributed by atoms with Crippen LogP contribution >= 0.6 is 0 Å². The second-order valence-corrected chi connectivity index (χ2v) is 6.64. The first-order valence-corrected chi connectivity index (χ1v) is 8.70. The number of likely N-dealkylation sites (tertiary alicyclic amines) is 1. The van der Waals surface area contributed by atoms with Crippen molar-refractivity contribution in [3.05, 3.63) is 48.3 Å². The van der Waals surface area contributed by atoms with Crippen molar-refractivity contribution in [3.63, 3.8) is 0 Å². The summed E-state index contributed by atoms with van der Waals surface area (Å²) in [7, 11) is 0. The van der Waals surface area contributed by atoms with Gasteiger partial charge < -0.3 is 5.32 Å². The highest BCUT2D eigenvalue weighted by Gasteiger charge is 2.27. The first-order valence-electron chi connectivity index (χ1n) is 8.70. The summed E-state index contributed by atoms with van der Waals surface area (Å²) in [5.74, 6) is 0.212. The molecule has 1 aliphatic heterocycles. The predicted molar refractivity (Wildman–Crippen MR) is 92.0 cm³/mol. The summed E-state index contributed by atoms with van der Waals surface area (Å²) >= 11 is 0. The molecule has 3 rings (SSSR count). The minimum Gasteiger partial charge on any atom is -0.351 e. The number of nitrogens with zero attached hydrogens (tertiary/aromatic N) is 4. The third-order valence-corrected chi connectivity index (χ3v) is 4.77. The Kier molecular flexibility index (Phi) is 5.75. The smallest absolute Gasteiger partial charge is 0.237 e. The quantitative estimate of drug-likeness (QED) is 0.868. The minimum absolute atomic E-state index is 0.00531. The van der Waals surface area contributed by atoms with Crippen LogP contribution in [0.1, 0.15) is 25.3 Å². The molecule has 0 spiro atoms. The van der Waals surface area contributed by atoms with Crippen LogP contribution in [0.2, 0.25) is 0 Å². The van der Waals surface area contributed by atoms with E-state index < -0.39 is 0 Å². The van der Waals surface area contributed by atoms with E-state index in [4.69, 9.17) is 0 Å². The Morgan fingerprint density at radius 1 is 1.40 bits per heavy atom. The van der Waals surface area contributed by atoms with E-state index in [0.717, 1.165) is 38.0 Å². The average Bonchev–Trinajstić information content (AvgIpc) is 3.13. The number of halogens is 1. The lowest BCUT2D eigenvalue weighted by Gasteiger charge is -2.36. The molecule has 2 atom stereocenters. The fourth-order valence-electron chi connectivity index (χ4n) is 3.29. The molecule has 1 aliphatic rings. The Hall–Kier alpha value is -2.28. The molecule has 1 saturated heterocycles. The summed E-state index contributed by atoms with van der Waals surface area (Å²) in [6.45, 7) is 5.00. The first-order chi connectivity index (χ1) is 12.1. The highest BCUT2D eigenvalue weighted by Crippen LogP contribution is 2.20. The minimum atomic E-state index is -0.268. The Bertz CT molecular complexity index is 673. The van der Waals surface area contributed by atoms with Crippen molar-refractivity contribution in [2.75, 3.05) is 13.1 Å². The summed E-state index contributed by atoms with van der Waals surface area (Å²) in [6, 6.07) is 6.01. The maximum Gasteiger partial charge on any atom is 0.237 e. The molecular weight excluding hydrogens is 321 g/mol. The molecule has 0 radical (unpaired) electrons. The molecule has 0 aliphatic carbocycles. The van der Waals surface area contributed by atoms with E-state index in [1.54, 1.807) is 24.8 Å². The van der Waals surface area contributed by atoms with Gasteiger partial charge in [0.25, 0.3) is 0 Å². The molecule has 1 N–H and O–H groups in total. The van der Waals surface area contributed by atoms with Crippen molar-refractivity contribution < 1.29 is 9.18 Å². The lowest BCUT2D eigenvalue weighted by Crippen LogP contribution is -2.49. The zero-order chi connectivity index (χ0) is 17.6. The molecule has 25 heavy (non-hydrogen) atoms. The Morgan fingerprint density at radius 3 is 2.92 bits per heavy atom. The van der Waals surface area contributed by atoms with E-state index >= 15 is 0 Å². The van der Waals surface area contributed by atoms with Crippen LogP contribution in [-0.4, -0.2) is 44.7 Å². The number of benzene rings is 1. The van der Waals surface area contributed by atoms with Gasteiger partial charge in [-0.3, -0.25) is 14.4 Å². The SMILES string of the molecule is C[C@@H](C(=O)NCc1ccc(F)cc1)N1CCC[C@H](Cn2cncn2)C1. The molecule has 134 valence electrons. The number of hydrogen-bond donors (Lipinski definition) is 1. The fourth-order valence-corrected chi connectivity index (χ4v) is 3.29. The van der Waals surface area contributed by atoms with E-state index in [0.29, 0.717) is 12.5 Å². The topological polar surface area (TPSA) is 63.1 Å². The summed E-state index contributed by atoms with van der Waals surface area (Å²) in [5, 5.41) is 7.11. The molecule has 1 fully saturated rings. The number of aromatic nitrogens is 3. The van der Waals surface area contributed by atoms with Crippen molar-refractivity contribution in [1.82, 2.24) is 25.0 Å². The fraction of sp³-hybridized carbons (Fsp3) is 0.500. The van der Waals surface area contributed by atoms with Gasteiger partial charge in [-0.05, 0) is 49.9 Å². The molecule has 1 amide bonds. The number of nitrogens with one attached hydrogen (secondary N) is 1. The lowest BCUT2D eigenvalue weighted by molar-refractivity contribution is -0.126. The Balaban J connectivity index is 1.49. The van der Waals surface area contributed by atoms with Gasteiger partial charge in [-0.1, -0.05) is 12.1 Å². The molecule has 0 unspecified atom stereocenters. The van der Waals surface area contributed by atoms with Crippen LogP contribution < -0.4 is 5.32 Å². The monoisotopic (exact) mass is 345 g/mol. The molecule has 0 bridgehead atoms. The lowest BCUT2D eigenvalue weighted by atomic mass is 9.96. The van der Waals surface area contributed by atoms with Crippen LogP contribution in [0, 0.1) is 11.7 Å². The van der Waals surface area contributed by atoms with Gasteiger partial charge in [0.15, 0.2) is 0 Å². The molecule has 1 aromatic heterocycles.